The number of amides is 1. The van der Waals surface area contributed by atoms with E-state index in [-0.39, 0.29) is 17.9 Å². The van der Waals surface area contributed by atoms with Crippen LogP contribution < -0.4 is 5.32 Å². The lowest BCUT2D eigenvalue weighted by Gasteiger charge is -2.35. The molecule has 0 bridgehead atoms. The van der Waals surface area contributed by atoms with Gasteiger partial charge in [0.25, 0.3) is 0 Å². The zero-order valence-electron chi connectivity index (χ0n) is 9.09. The molecule has 1 amide bonds. The molecule has 0 radical (unpaired) electrons. The Morgan fingerprint density at radius 2 is 2.07 bits per heavy atom. The maximum atomic E-state index is 11.1. The van der Waals surface area contributed by atoms with Crippen molar-refractivity contribution in [2.45, 2.75) is 38.7 Å². The Kier molecular flexibility index (Phi) is 3.03. The maximum absolute atomic E-state index is 11.1. The summed E-state index contributed by atoms with van der Waals surface area (Å²) < 4.78 is 0. The number of nitrogens with one attached hydrogen (secondary N) is 1. The van der Waals surface area contributed by atoms with Crippen LogP contribution in [0, 0.1) is 17.4 Å². The van der Waals surface area contributed by atoms with Crippen molar-refractivity contribution >= 4 is 14.0 Å². The van der Waals surface area contributed by atoms with Gasteiger partial charge >= 0.3 is 0 Å². The van der Waals surface area contributed by atoms with Crippen LogP contribution in [-0.4, -0.2) is 31.2 Å². The molecule has 78 valence electrons. The van der Waals surface area contributed by atoms with Gasteiger partial charge in [-0.3, -0.25) is 4.79 Å². The zero-order valence-corrected chi connectivity index (χ0v) is 10.1. The summed E-state index contributed by atoms with van der Waals surface area (Å²) >= 11 is 0. The zero-order chi connectivity index (χ0) is 10.9. The van der Waals surface area contributed by atoms with Crippen molar-refractivity contribution in [3.63, 3.8) is 0 Å². The highest BCUT2D eigenvalue weighted by molar-refractivity contribution is 6.83. The largest absolute Gasteiger partial charge is 0.392 e. The molecule has 14 heavy (non-hydrogen) atoms. The van der Waals surface area contributed by atoms with Crippen molar-refractivity contribution in [3.8, 4) is 11.5 Å². The number of hydrogen-bond acceptors (Lipinski definition) is 2. The quantitative estimate of drug-likeness (QED) is 0.374. The van der Waals surface area contributed by atoms with E-state index in [1.165, 1.54) is 0 Å². The molecule has 0 spiro atoms. The third kappa shape index (κ3) is 2.60. The Labute approximate surface area is 85.9 Å². The predicted molar refractivity (Wildman–Crippen MR) is 58.2 cm³/mol. The van der Waals surface area contributed by atoms with Crippen molar-refractivity contribution in [3.05, 3.63) is 0 Å². The van der Waals surface area contributed by atoms with Crippen LogP contribution in [0.2, 0.25) is 19.6 Å². The molecule has 3 atom stereocenters. The van der Waals surface area contributed by atoms with Gasteiger partial charge in [0, 0.05) is 0 Å². The molecule has 1 aliphatic rings. The summed E-state index contributed by atoms with van der Waals surface area (Å²) in [5.41, 5.74) is 3.19. The molecule has 1 aliphatic heterocycles. The van der Waals surface area contributed by atoms with E-state index in [0.29, 0.717) is 0 Å². The van der Waals surface area contributed by atoms with Gasteiger partial charge in [0.05, 0.1) is 12.0 Å². The first-order valence-corrected chi connectivity index (χ1v) is 8.32. The van der Waals surface area contributed by atoms with Gasteiger partial charge in [0.2, 0.25) is 5.91 Å². The molecule has 2 N–H and O–H groups in total. The lowest BCUT2D eigenvalue weighted by Crippen LogP contribution is -2.61. The van der Waals surface area contributed by atoms with Crippen LogP contribution in [0.5, 0.6) is 0 Å². The van der Waals surface area contributed by atoms with Crippen molar-refractivity contribution in [2.24, 2.45) is 5.92 Å². The smallest absolute Gasteiger partial charge is 0.229 e. The first kappa shape index (κ1) is 11.3. The second-order valence-corrected chi connectivity index (χ2v) is 9.52. The van der Waals surface area contributed by atoms with Crippen LogP contribution >= 0.6 is 0 Å². The summed E-state index contributed by atoms with van der Waals surface area (Å²) in [6, 6.07) is -0.144. The molecule has 3 nitrogen and oxygen atoms in total. The van der Waals surface area contributed by atoms with Crippen LogP contribution in [0.3, 0.4) is 0 Å². The number of β-lactam (4-membered cyclic amide) rings is 1. The molecule has 0 aromatic rings. The second kappa shape index (κ2) is 3.75. The minimum absolute atomic E-state index is 0.0881. The molecular formula is C10H17NO2Si. The SMILES string of the molecule is C[C@@H](O)[C@H]1C(=O)NC1C#C[Si](C)(C)C. The average Bonchev–Trinajstić information content (AvgIpc) is 1.93. The topological polar surface area (TPSA) is 49.3 Å². The Hall–Kier alpha value is -0.793. The van der Waals surface area contributed by atoms with E-state index in [4.69, 9.17) is 0 Å². The number of carbonyl (C=O) groups excluding carboxylic acids is 1. The maximum Gasteiger partial charge on any atom is 0.229 e. The third-order valence-electron chi connectivity index (χ3n) is 2.08. The molecule has 0 aromatic carbocycles. The van der Waals surface area contributed by atoms with Crippen molar-refractivity contribution in [2.75, 3.05) is 0 Å². The molecule has 1 rings (SSSR count). The molecule has 1 saturated heterocycles. The molecule has 0 aromatic heterocycles. The molecule has 0 saturated carbocycles. The lowest BCUT2D eigenvalue weighted by atomic mass is 9.87. The number of aliphatic hydroxyl groups excluding tert-OH is 1. The Balaban J connectivity index is 2.63. The Morgan fingerprint density at radius 1 is 1.50 bits per heavy atom. The second-order valence-electron chi connectivity index (χ2n) is 4.77. The van der Waals surface area contributed by atoms with E-state index in [1.807, 2.05) is 0 Å². The van der Waals surface area contributed by atoms with E-state index in [0.717, 1.165) is 0 Å². The predicted octanol–water partition coefficient (Wildman–Crippen LogP) is 0.363. The van der Waals surface area contributed by atoms with Gasteiger partial charge < -0.3 is 10.4 Å². The number of aliphatic hydroxyl groups is 1. The minimum atomic E-state index is -1.38. The van der Waals surface area contributed by atoms with Gasteiger partial charge in [0.15, 0.2) is 0 Å². The van der Waals surface area contributed by atoms with Crippen LogP contribution in [0.15, 0.2) is 0 Å². The van der Waals surface area contributed by atoms with Gasteiger partial charge in [-0.05, 0) is 6.92 Å². The molecule has 1 fully saturated rings. The molecule has 0 aliphatic carbocycles. The fourth-order valence-electron chi connectivity index (χ4n) is 1.31. The normalized spacial score (nSPS) is 28.2. The number of hydrogen-bond donors (Lipinski definition) is 2. The van der Waals surface area contributed by atoms with Gasteiger partial charge in [-0.25, -0.2) is 0 Å². The highest BCUT2D eigenvalue weighted by Crippen LogP contribution is 2.18. The Bertz CT molecular complexity index is 295. The third-order valence-corrected chi connectivity index (χ3v) is 2.98. The summed E-state index contributed by atoms with van der Waals surface area (Å²) in [7, 11) is -1.38. The van der Waals surface area contributed by atoms with E-state index in [1.54, 1.807) is 6.92 Å². The van der Waals surface area contributed by atoms with Crippen LogP contribution in [0.1, 0.15) is 6.92 Å². The minimum Gasteiger partial charge on any atom is -0.392 e. The monoisotopic (exact) mass is 211 g/mol. The average molecular weight is 211 g/mol. The van der Waals surface area contributed by atoms with Crippen LogP contribution in [0.4, 0.5) is 0 Å². The highest BCUT2D eigenvalue weighted by atomic mass is 28.3. The summed E-state index contributed by atoms with van der Waals surface area (Å²) in [4.78, 5) is 11.1. The van der Waals surface area contributed by atoms with E-state index in [9.17, 15) is 9.90 Å². The lowest BCUT2D eigenvalue weighted by molar-refractivity contribution is -0.138. The van der Waals surface area contributed by atoms with Crippen molar-refractivity contribution in [1.82, 2.24) is 5.32 Å². The van der Waals surface area contributed by atoms with E-state index in [2.05, 4.69) is 36.4 Å². The van der Waals surface area contributed by atoms with Crippen molar-refractivity contribution in [1.29, 1.82) is 0 Å². The number of carbonyl (C=O) groups is 1. The van der Waals surface area contributed by atoms with Gasteiger partial charge in [-0.15, -0.1) is 5.54 Å². The van der Waals surface area contributed by atoms with Crippen molar-refractivity contribution < 1.29 is 9.90 Å². The fourth-order valence-corrected chi connectivity index (χ4v) is 1.90. The van der Waals surface area contributed by atoms with Gasteiger partial charge in [0.1, 0.15) is 14.1 Å². The molecule has 1 unspecified atom stereocenters. The van der Waals surface area contributed by atoms with Gasteiger partial charge in [-0.1, -0.05) is 25.6 Å². The van der Waals surface area contributed by atoms with Crippen LogP contribution in [-0.2, 0) is 4.79 Å². The first-order chi connectivity index (χ1) is 6.31. The van der Waals surface area contributed by atoms with E-state index >= 15 is 0 Å². The first-order valence-electron chi connectivity index (χ1n) is 4.82. The molecule has 1 heterocycles. The van der Waals surface area contributed by atoms with Crippen LogP contribution in [0.25, 0.3) is 0 Å². The highest BCUT2D eigenvalue weighted by Gasteiger charge is 2.41. The van der Waals surface area contributed by atoms with Gasteiger partial charge in [-0.2, -0.15) is 0 Å². The number of rotatable bonds is 1. The fraction of sp³-hybridized carbons (Fsp3) is 0.700. The molecular weight excluding hydrogens is 194 g/mol. The summed E-state index contributed by atoms with van der Waals surface area (Å²) in [6.07, 6.45) is -0.607. The van der Waals surface area contributed by atoms with E-state index < -0.39 is 14.2 Å². The summed E-state index contributed by atoms with van der Waals surface area (Å²) in [6.45, 7) is 8.08. The molecule has 4 heteroatoms. The summed E-state index contributed by atoms with van der Waals surface area (Å²) in [5.74, 6) is 2.62. The summed E-state index contributed by atoms with van der Waals surface area (Å²) in [5, 5.41) is 12.0. The standard InChI is InChI=1S/C10H17NO2Si/c1-7(12)9-8(11-10(9)13)5-6-14(2,3)4/h7-9,12H,1-4H3,(H,11,13)/t7-,8?,9-/m1/s1. The Morgan fingerprint density at radius 3 is 2.43 bits per heavy atom.